The number of carbonyl (C=O) groups excluding carboxylic acids is 2. The third-order valence-electron chi connectivity index (χ3n) is 6.03. The van der Waals surface area contributed by atoms with E-state index < -0.39 is 5.92 Å². The minimum Gasteiger partial charge on any atom is -0.338 e. The number of Topliss-reactive ketones (excluding diaryl/α,β-unsaturated/α-hetero) is 1. The van der Waals surface area contributed by atoms with Gasteiger partial charge in [0.1, 0.15) is 0 Å². The maximum Gasteiger partial charge on any atom is 0.230 e. The van der Waals surface area contributed by atoms with Gasteiger partial charge in [0, 0.05) is 31.1 Å². The van der Waals surface area contributed by atoms with Gasteiger partial charge in [-0.05, 0) is 62.9 Å². The van der Waals surface area contributed by atoms with Crippen molar-refractivity contribution in [3.63, 3.8) is 0 Å². The summed E-state index contributed by atoms with van der Waals surface area (Å²) in [5, 5.41) is 0.780. The fourth-order valence-corrected chi connectivity index (χ4v) is 5.00. The van der Waals surface area contributed by atoms with Crippen molar-refractivity contribution in [3.05, 3.63) is 33.3 Å². The van der Waals surface area contributed by atoms with Crippen molar-refractivity contribution in [2.45, 2.75) is 50.5 Å². The minimum absolute atomic E-state index is 0. The third kappa shape index (κ3) is 4.14. The van der Waals surface area contributed by atoms with Crippen LogP contribution in [0, 0.1) is 0 Å². The molecule has 2 heterocycles. The molecule has 2 fully saturated rings. The Bertz CT molecular complexity index is 734. The number of piperidine rings is 1. The van der Waals surface area contributed by atoms with Crippen molar-refractivity contribution < 1.29 is 9.59 Å². The van der Waals surface area contributed by atoms with Crippen LogP contribution in [0.4, 0.5) is 0 Å². The lowest BCUT2D eigenvalue weighted by Crippen LogP contribution is -2.50. The van der Waals surface area contributed by atoms with E-state index in [2.05, 4.69) is 4.90 Å². The largest absolute Gasteiger partial charge is 0.338 e. The first-order chi connectivity index (χ1) is 12.5. The molecule has 0 radical (unpaired) electrons. The van der Waals surface area contributed by atoms with Crippen molar-refractivity contribution in [2.75, 3.05) is 26.2 Å². The number of benzene rings is 1. The van der Waals surface area contributed by atoms with E-state index in [4.69, 9.17) is 23.2 Å². The molecule has 0 saturated carbocycles. The summed E-state index contributed by atoms with van der Waals surface area (Å²) < 4.78 is 0. The Kier molecular flexibility index (Phi) is 6.73. The standard InChI is InChI=1S/C20H24Cl2N2O2.ClH/c21-17-9-14-15(10-18(17)22)19(25)11-16(14)20(26)24-8-2-1-5-13(24)12-23-6-3-4-7-23;/h9-10,13,16H,1-8,11-12H2;1H. The number of nitrogens with zero attached hydrogens (tertiary/aromatic N) is 2. The van der Waals surface area contributed by atoms with E-state index in [-0.39, 0.29) is 36.6 Å². The molecule has 2 saturated heterocycles. The highest BCUT2D eigenvalue weighted by atomic mass is 35.5. The molecule has 1 aromatic carbocycles. The van der Waals surface area contributed by atoms with Crippen LogP contribution < -0.4 is 0 Å². The van der Waals surface area contributed by atoms with Crippen LogP contribution in [-0.2, 0) is 4.79 Å². The van der Waals surface area contributed by atoms with Gasteiger partial charge in [0.15, 0.2) is 5.78 Å². The van der Waals surface area contributed by atoms with E-state index in [0.717, 1.165) is 44.6 Å². The van der Waals surface area contributed by atoms with E-state index in [1.165, 1.54) is 19.3 Å². The second kappa shape index (κ2) is 8.69. The second-order valence-corrected chi connectivity index (χ2v) is 8.54. The van der Waals surface area contributed by atoms with E-state index in [1.807, 2.05) is 4.90 Å². The minimum atomic E-state index is -0.411. The number of amides is 1. The van der Waals surface area contributed by atoms with Gasteiger partial charge in [-0.15, -0.1) is 12.4 Å². The highest BCUT2D eigenvalue weighted by molar-refractivity contribution is 6.42. The van der Waals surface area contributed by atoms with E-state index in [0.29, 0.717) is 15.6 Å². The molecule has 2 unspecified atom stereocenters. The lowest BCUT2D eigenvalue weighted by Gasteiger charge is -2.39. The molecule has 1 amide bonds. The van der Waals surface area contributed by atoms with Gasteiger partial charge < -0.3 is 9.80 Å². The van der Waals surface area contributed by atoms with Gasteiger partial charge >= 0.3 is 0 Å². The van der Waals surface area contributed by atoms with E-state index in [1.54, 1.807) is 12.1 Å². The molecular formula is C20H25Cl3N2O2. The Hall–Kier alpha value is -0.810. The summed E-state index contributed by atoms with van der Waals surface area (Å²) >= 11 is 12.2. The van der Waals surface area contributed by atoms with Crippen molar-refractivity contribution in [1.29, 1.82) is 0 Å². The van der Waals surface area contributed by atoms with Gasteiger partial charge in [-0.3, -0.25) is 9.59 Å². The smallest absolute Gasteiger partial charge is 0.230 e. The van der Waals surface area contributed by atoms with Gasteiger partial charge in [-0.25, -0.2) is 0 Å². The van der Waals surface area contributed by atoms with Crippen LogP contribution in [0.15, 0.2) is 12.1 Å². The zero-order valence-corrected chi connectivity index (χ0v) is 17.6. The Labute approximate surface area is 176 Å². The van der Waals surface area contributed by atoms with Gasteiger partial charge in [0.2, 0.25) is 5.91 Å². The van der Waals surface area contributed by atoms with Gasteiger partial charge in [0.25, 0.3) is 0 Å². The topological polar surface area (TPSA) is 40.6 Å². The number of hydrogen-bond donors (Lipinski definition) is 0. The first-order valence-corrected chi connectivity index (χ1v) is 10.3. The van der Waals surface area contributed by atoms with E-state index in [9.17, 15) is 9.59 Å². The predicted octanol–water partition coefficient (Wildman–Crippen LogP) is 4.56. The molecule has 0 bridgehead atoms. The number of hydrogen-bond acceptors (Lipinski definition) is 3. The normalized spacial score (nSPS) is 25.4. The van der Waals surface area contributed by atoms with E-state index >= 15 is 0 Å². The fourth-order valence-electron chi connectivity index (χ4n) is 4.66. The molecule has 0 aromatic heterocycles. The molecule has 2 atom stereocenters. The number of rotatable bonds is 3. The summed E-state index contributed by atoms with van der Waals surface area (Å²) in [5.41, 5.74) is 1.31. The molecule has 3 aliphatic rings. The van der Waals surface area contributed by atoms with Crippen LogP contribution in [0.5, 0.6) is 0 Å². The summed E-state index contributed by atoms with van der Waals surface area (Å²) in [7, 11) is 0. The molecule has 1 aliphatic carbocycles. The van der Waals surface area contributed by atoms with Gasteiger partial charge in [0.05, 0.1) is 16.0 Å². The van der Waals surface area contributed by atoms with Crippen molar-refractivity contribution >= 4 is 47.3 Å². The quantitative estimate of drug-likeness (QED) is 0.704. The average molecular weight is 432 g/mol. The Morgan fingerprint density at radius 2 is 1.70 bits per heavy atom. The Morgan fingerprint density at radius 1 is 1.04 bits per heavy atom. The Balaban J connectivity index is 0.00000210. The number of ketones is 1. The van der Waals surface area contributed by atoms with Gasteiger partial charge in [-0.2, -0.15) is 0 Å². The van der Waals surface area contributed by atoms with Crippen LogP contribution in [0.25, 0.3) is 0 Å². The van der Waals surface area contributed by atoms with Crippen LogP contribution in [-0.4, -0.2) is 53.7 Å². The molecule has 1 aromatic rings. The Morgan fingerprint density at radius 3 is 2.44 bits per heavy atom. The SMILES string of the molecule is Cl.O=C1CC(C(=O)N2CCCCC2CN2CCCC2)c2cc(Cl)c(Cl)cc21. The summed E-state index contributed by atoms with van der Waals surface area (Å²) in [4.78, 5) is 30.3. The summed E-state index contributed by atoms with van der Waals surface area (Å²) in [6, 6.07) is 3.59. The summed E-state index contributed by atoms with van der Waals surface area (Å²) in [6.07, 6.45) is 6.00. The number of halogens is 3. The zero-order valence-electron chi connectivity index (χ0n) is 15.3. The molecule has 2 aliphatic heterocycles. The summed E-state index contributed by atoms with van der Waals surface area (Å²) in [5.74, 6) is -0.337. The van der Waals surface area contributed by atoms with Crippen LogP contribution in [0.2, 0.25) is 10.0 Å². The lowest BCUT2D eigenvalue weighted by atomic mass is 9.95. The number of carbonyl (C=O) groups is 2. The highest BCUT2D eigenvalue weighted by Crippen LogP contribution is 2.39. The van der Waals surface area contributed by atoms with Crippen molar-refractivity contribution in [3.8, 4) is 0 Å². The molecular weight excluding hydrogens is 407 g/mol. The number of likely N-dealkylation sites (tertiary alicyclic amines) is 2. The van der Waals surface area contributed by atoms with Crippen molar-refractivity contribution in [1.82, 2.24) is 9.80 Å². The van der Waals surface area contributed by atoms with Crippen molar-refractivity contribution in [2.24, 2.45) is 0 Å². The van der Waals surface area contributed by atoms with Crippen LogP contribution >= 0.6 is 35.6 Å². The lowest BCUT2D eigenvalue weighted by molar-refractivity contribution is -0.136. The highest BCUT2D eigenvalue weighted by Gasteiger charge is 2.40. The summed E-state index contributed by atoms with van der Waals surface area (Å²) in [6.45, 7) is 4.02. The number of fused-ring (bicyclic) bond motifs is 1. The molecule has 0 spiro atoms. The maximum absolute atomic E-state index is 13.4. The average Bonchev–Trinajstić information content (AvgIpc) is 3.24. The first kappa shape index (κ1) is 20.9. The second-order valence-electron chi connectivity index (χ2n) is 7.72. The fraction of sp³-hybridized carbons (Fsp3) is 0.600. The first-order valence-electron chi connectivity index (χ1n) is 9.59. The molecule has 0 N–H and O–H groups in total. The monoisotopic (exact) mass is 430 g/mol. The molecule has 7 heteroatoms. The maximum atomic E-state index is 13.4. The molecule has 27 heavy (non-hydrogen) atoms. The predicted molar refractivity (Wildman–Crippen MR) is 110 cm³/mol. The molecule has 4 nitrogen and oxygen atoms in total. The van der Waals surface area contributed by atoms with Crippen LogP contribution in [0.1, 0.15) is 60.4 Å². The zero-order chi connectivity index (χ0) is 18.3. The van der Waals surface area contributed by atoms with Crippen LogP contribution in [0.3, 0.4) is 0 Å². The molecule has 148 valence electrons. The third-order valence-corrected chi connectivity index (χ3v) is 6.76. The van der Waals surface area contributed by atoms with Gasteiger partial charge in [-0.1, -0.05) is 23.2 Å². The molecule has 4 rings (SSSR count).